The summed E-state index contributed by atoms with van der Waals surface area (Å²) in [6.45, 7) is 1.84. The molecule has 0 atom stereocenters. The summed E-state index contributed by atoms with van der Waals surface area (Å²) < 4.78 is 0.831. The van der Waals surface area contributed by atoms with E-state index in [1.165, 1.54) is 0 Å². The summed E-state index contributed by atoms with van der Waals surface area (Å²) in [5.41, 5.74) is 11.9. The molecule has 4 heterocycles. The van der Waals surface area contributed by atoms with Crippen LogP contribution in [0.25, 0.3) is 44.7 Å². The number of nitrogens with two attached hydrogens (primary N) is 1. The molecule has 0 spiro atoms. The lowest BCUT2D eigenvalue weighted by atomic mass is 10.0. The molecule has 0 saturated carbocycles. The number of nitrogens with one attached hydrogen (secondary N) is 2. The minimum absolute atomic E-state index is 0.606. The molecule has 0 saturated heterocycles. The number of H-pyrrole nitrogens is 2. The maximum absolute atomic E-state index is 6.22. The standard InChI is InChI=1S/C18H13BrN8/c1-8-24-15(17-18(25-8)23-7-22-17)10-5-9(19)6-21-14(10)16-13-11(20)3-2-4-12(13)26-27-16/h2-7H,20H2,1H3,(H,26,27)(H,22,23,24,25). The van der Waals surface area contributed by atoms with Crippen LogP contribution in [-0.2, 0) is 0 Å². The van der Waals surface area contributed by atoms with Crippen LogP contribution < -0.4 is 5.73 Å². The number of imidazole rings is 1. The number of hydrogen-bond acceptors (Lipinski definition) is 6. The highest BCUT2D eigenvalue weighted by atomic mass is 79.9. The maximum Gasteiger partial charge on any atom is 0.181 e. The number of aromatic amines is 2. The van der Waals surface area contributed by atoms with Gasteiger partial charge in [0.15, 0.2) is 5.65 Å². The van der Waals surface area contributed by atoms with E-state index in [0.717, 1.165) is 26.5 Å². The smallest absolute Gasteiger partial charge is 0.181 e. The van der Waals surface area contributed by atoms with E-state index in [1.807, 2.05) is 31.2 Å². The normalized spacial score (nSPS) is 11.5. The van der Waals surface area contributed by atoms with Crippen LogP contribution in [0.15, 0.2) is 41.3 Å². The molecule has 0 aliphatic carbocycles. The molecule has 0 aliphatic rings. The molecule has 0 unspecified atom stereocenters. The van der Waals surface area contributed by atoms with Gasteiger partial charge in [-0.05, 0) is 41.1 Å². The average Bonchev–Trinajstić information content (AvgIpc) is 3.28. The highest BCUT2D eigenvalue weighted by molar-refractivity contribution is 9.10. The second-order valence-corrected chi connectivity index (χ2v) is 7.03. The molecule has 9 heteroatoms. The number of aryl methyl sites for hydroxylation is 1. The maximum atomic E-state index is 6.22. The summed E-state index contributed by atoms with van der Waals surface area (Å²) in [6, 6.07) is 7.63. The minimum atomic E-state index is 0.606. The molecule has 5 aromatic rings. The van der Waals surface area contributed by atoms with Gasteiger partial charge in [-0.15, -0.1) is 0 Å². The van der Waals surface area contributed by atoms with Crippen molar-refractivity contribution in [3.63, 3.8) is 0 Å². The number of halogens is 1. The highest BCUT2D eigenvalue weighted by Gasteiger charge is 2.20. The Labute approximate surface area is 161 Å². The van der Waals surface area contributed by atoms with E-state index in [4.69, 9.17) is 5.73 Å². The van der Waals surface area contributed by atoms with Crippen molar-refractivity contribution in [2.45, 2.75) is 6.92 Å². The van der Waals surface area contributed by atoms with Crippen LogP contribution in [0.5, 0.6) is 0 Å². The fourth-order valence-electron chi connectivity index (χ4n) is 3.22. The van der Waals surface area contributed by atoms with Crippen molar-refractivity contribution < 1.29 is 0 Å². The number of nitrogen functional groups attached to an aromatic ring is 1. The second-order valence-electron chi connectivity index (χ2n) is 6.11. The summed E-state index contributed by atoms with van der Waals surface area (Å²) in [5.74, 6) is 0.627. The lowest BCUT2D eigenvalue weighted by Gasteiger charge is -2.09. The number of pyridine rings is 1. The van der Waals surface area contributed by atoms with E-state index in [0.29, 0.717) is 34.2 Å². The second kappa shape index (κ2) is 5.85. The highest BCUT2D eigenvalue weighted by Crippen LogP contribution is 2.37. The zero-order valence-electron chi connectivity index (χ0n) is 14.2. The quantitative estimate of drug-likeness (QED) is 0.375. The Hall–Kier alpha value is -3.33. The van der Waals surface area contributed by atoms with Gasteiger partial charge in [0.05, 0.1) is 17.2 Å². The van der Waals surface area contributed by atoms with E-state index in [1.54, 1.807) is 12.5 Å². The van der Waals surface area contributed by atoms with Crippen LogP contribution >= 0.6 is 15.9 Å². The Bertz CT molecular complexity index is 1320. The van der Waals surface area contributed by atoms with Crippen molar-refractivity contribution in [3.8, 4) is 22.6 Å². The van der Waals surface area contributed by atoms with Gasteiger partial charge >= 0.3 is 0 Å². The topological polar surface area (TPSA) is 122 Å². The number of rotatable bonds is 2. The van der Waals surface area contributed by atoms with Gasteiger partial charge in [0.2, 0.25) is 0 Å². The number of benzene rings is 1. The molecule has 27 heavy (non-hydrogen) atoms. The number of anilines is 1. The number of nitrogens with zero attached hydrogens (tertiary/aromatic N) is 5. The first kappa shape index (κ1) is 15.9. The van der Waals surface area contributed by atoms with Gasteiger partial charge in [0.25, 0.3) is 0 Å². The summed E-state index contributed by atoms with van der Waals surface area (Å²) in [7, 11) is 0. The molecule has 4 aromatic heterocycles. The lowest BCUT2D eigenvalue weighted by molar-refractivity contribution is 1.08. The number of aromatic nitrogens is 7. The van der Waals surface area contributed by atoms with Crippen LogP contribution in [-0.4, -0.2) is 35.1 Å². The average molecular weight is 421 g/mol. The molecular formula is C18H13BrN8. The van der Waals surface area contributed by atoms with Crippen LogP contribution in [0.2, 0.25) is 0 Å². The molecule has 4 N–H and O–H groups in total. The molecule has 132 valence electrons. The predicted octanol–water partition coefficient (Wildman–Crippen LogP) is 3.61. The van der Waals surface area contributed by atoms with Gasteiger partial charge in [0.1, 0.15) is 28.4 Å². The van der Waals surface area contributed by atoms with E-state index >= 15 is 0 Å². The predicted molar refractivity (Wildman–Crippen MR) is 107 cm³/mol. The first-order valence-corrected chi connectivity index (χ1v) is 8.97. The molecule has 0 amide bonds. The Kier molecular flexibility index (Phi) is 3.44. The van der Waals surface area contributed by atoms with E-state index in [2.05, 4.69) is 51.0 Å². The number of hydrogen-bond donors (Lipinski definition) is 3. The molecule has 0 aliphatic heterocycles. The van der Waals surface area contributed by atoms with Crippen molar-refractivity contribution in [1.29, 1.82) is 0 Å². The van der Waals surface area contributed by atoms with Gasteiger partial charge in [-0.3, -0.25) is 10.1 Å². The van der Waals surface area contributed by atoms with Gasteiger partial charge in [-0.1, -0.05) is 6.07 Å². The van der Waals surface area contributed by atoms with Gasteiger partial charge < -0.3 is 10.7 Å². The first-order chi connectivity index (χ1) is 13.1. The van der Waals surface area contributed by atoms with Gasteiger partial charge in [0, 0.05) is 21.9 Å². The van der Waals surface area contributed by atoms with Crippen molar-refractivity contribution in [3.05, 3.63) is 47.1 Å². The third kappa shape index (κ3) is 2.47. The van der Waals surface area contributed by atoms with E-state index < -0.39 is 0 Å². The first-order valence-electron chi connectivity index (χ1n) is 8.18. The van der Waals surface area contributed by atoms with Crippen LogP contribution in [0.4, 0.5) is 5.69 Å². The molecule has 5 rings (SSSR count). The third-order valence-corrected chi connectivity index (χ3v) is 4.79. The molecule has 0 radical (unpaired) electrons. The minimum Gasteiger partial charge on any atom is -0.398 e. The van der Waals surface area contributed by atoms with Gasteiger partial charge in [-0.25, -0.2) is 15.0 Å². The zero-order chi connectivity index (χ0) is 18.5. The molecular weight excluding hydrogens is 408 g/mol. The van der Waals surface area contributed by atoms with Crippen molar-refractivity contribution >= 4 is 43.7 Å². The largest absolute Gasteiger partial charge is 0.398 e. The van der Waals surface area contributed by atoms with Crippen LogP contribution in [0, 0.1) is 6.92 Å². The Morgan fingerprint density at radius 3 is 2.85 bits per heavy atom. The van der Waals surface area contributed by atoms with Crippen LogP contribution in [0.3, 0.4) is 0 Å². The molecule has 8 nitrogen and oxygen atoms in total. The van der Waals surface area contributed by atoms with E-state index in [9.17, 15) is 0 Å². The van der Waals surface area contributed by atoms with Crippen LogP contribution in [0.1, 0.15) is 5.82 Å². The summed E-state index contributed by atoms with van der Waals surface area (Å²) in [5, 5.41) is 8.34. The zero-order valence-corrected chi connectivity index (χ0v) is 15.7. The summed E-state index contributed by atoms with van der Waals surface area (Å²) >= 11 is 3.51. The molecule has 0 fully saturated rings. The number of fused-ring (bicyclic) bond motifs is 2. The fraction of sp³-hybridized carbons (Fsp3) is 0.0556. The van der Waals surface area contributed by atoms with Gasteiger partial charge in [-0.2, -0.15) is 5.10 Å². The summed E-state index contributed by atoms with van der Waals surface area (Å²) in [6.07, 6.45) is 3.34. The molecule has 0 bridgehead atoms. The Morgan fingerprint density at radius 1 is 1.07 bits per heavy atom. The fourth-order valence-corrected chi connectivity index (χ4v) is 3.55. The van der Waals surface area contributed by atoms with E-state index in [-0.39, 0.29) is 0 Å². The Morgan fingerprint density at radius 2 is 1.96 bits per heavy atom. The SMILES string of the molecule is Cc1nc(-c2cc(Br)cnc2-c2n[nH]c3cccc(N)c23)c2[nH]cnc2n1. The van der Waals surface area contributed by atoms with Crippen molar-refractivity contribution in [2.24, 2.45) is 0 Å². The molecule has 1 aromatic carbocycles. The lowest BCUT2D eigenvalue weighted by Crippen LogP contribution is -1.98. The monoisotopic (exact) mass is 420 g/mol. The van der Waals surface area contributed by atoms with Crippen molar-refractivity contribution in [2.75, 3.05) is 5.73 Å². The Balaban J connectivity index is 1.87. The summed E-state index contributed by atoms with van der Waals surface area (Å²) in [4.78, 5) is 21.0. The third-order valence-electron chi connectivity index (χ3n) is 4.35. The van der Waals surface area contributed by atoms with Crippen molar-refractivity contribution in [1.82, 2.24) is 35.1 Å².